The van der Waals surface area contributed by atoms with Crippen LogP contribution >= 0.6 is 0 Å². The second-order valence-corrected chi connectivity index (χ2v) is 11.2. The minimum atomic E-state index is -0.824. The van der Waals surface area contributed by atoms with Gasteiger partial charge in [-0.15, -0.1) is 0 Å². The maximum absolute atomic E-state index is 11.7. The van der Waals surface area contributed by atoms with Crippen LogP contribution in [-0.2, 0) is 9.47 Å². The molecule has 0 bridgehead atoms. The van der Waals surface area contributed by atoms with Gasteiger partial charge in [-0.1, -0.05) is 44.2 Å². The highest BCUT2D eigenvalue weighted by Crippen LogP contribution is 2.69. The van der Waals surface area contributed by atoms with Crippen LogP contribution in [0.1, 0.15) is 46.5 Å². The number of hydrogen-bond donors (Lipinski definition) is 2. The predicted octanol–water partition coefficient (Wildman–Crippen LogP) is 3.27. The van der Waals surface area contributed by atoms with Crippen molar-refractivity contribution in [3.05, 3.63) is 36.0 Å². The molecule has 0 radical (unpaired) electrons. The number of hydrazone groups is 1. The Kier molecular flexibility index (Phi) is 5.07. The molecule has 32 heavy (non-hydrogen) atoms. The molecule has 0 aromatic carbocycles. The van der Waals surface area contributed by atoms with Crippen molar-refractivity contribution in [2.75, 3.05) is 20.7 Å². The molecule has 0 amide bonds. The van der Waals surface area contributed by atoms with Crippen LogP contribution in [0.3, 0.4) is 0 Å². The zero-order chi connectivity index (χ0) is 23.1. The molecule has 1 heterocycles. The molecule has 0 aromatic heterocycles. The van der Waals surface area contributed by atoms with E-state index in [-0.39, 0.29) is 35.7 Å². The second-order valence-electron chi connectivity index (χ2n) is 11.2. The molecular formula is C26H38N2O4. The highest BCUT2D eigenvalue weighted by Gasteiger charge is 2.74. The van der Waals surface area contributed by atoms with Crippen LogP contribution in [0.15, 0.2) is 41.1 Å². The third kappa shape index (κ3) is 2.76. The fraction of sp³-hybridized carbons (Fsp3) is 0.731. The molecule has 5 aliphatic rings. The second kappa shape index (κ2) is 7.26. The summed E-state index contributed by atoms with van der Waals surface area (Å²) in [6.07, 6.45) is 9.15. The van der Waals surface area contributed by atoms with Gasteiger partial charge in [-0.2, -0.15) is 5.10 Å². The van der Waals surface area contributed by atoms with Gasteiger partial charge in [0.2, 0.25) is 0 Å². The number of hydrogen-bond acceptors (Lipinski definition) is 6. The molecule has 6 heteroatoms. The molecule has 2 N–H and O–H groups in total. The zero-order valence-corrected chi connectivity index (χ0v) is 20.0. The van der Waals surface area contributed by atoms with Crippen LogP contribution in [-0.4, -0.2) is 65.7 Å². The van der Waals surface area contributed by atoms with Crippen molar-refractivity contribution >= 4 is 5.71 Å². The first kappa shape index (κ1) is 22.3. The number of aliphatic hydroxyl groups is 2. The number of aliphatic hydroxyl groups excluding tert-OH is 2. The van der Waals surface area contributed by atoms with Gasteiger partial charge in [0.1, 0.15) is 5.60 Å². The Balaban J connectivity index is 1.60. The van der Waals surface area contributed by atoms with E-state index in [1.54, 1.807) is 5.01 Å². The van der Waals surface area contributed by atoms with E-state index in [2.05, 4.69) is 43.8 Å². The fourth-order valence-electron chi connectivity index (χ4n) is 8.31. The third-order valence-corrected chi connectivity index (χ3v) is 9.36. The smallest absolute Gasteiger partial charge is 0.156 e. The van der Waals surface area contributed by atoms with Crippen molar-refractivity contribution in [1.82, 2.24) is 5.01 Å². The van der Waals surface area contributed by atoms with E-state index in [0.717, 1.165) is 24.8 Å². The predicted molar refractivity (Wildman–Crippen MR) is 124 cm³/mol. The Morgan fingerprint density at radius 3 is 2.78 bits per heavy atom. The highest BCUT2D eigenvalue weighted by atomic mass is 16.7. The molecule has 4 aliphatic carbocycles. The Morgan fingerprint density at radius 2 is 2.09 bits per heavy atom. The SMILES string of the molecule is C=C1C=C[C@@]2(C)C(=C1)CC[C@@H]1[C@@H]2[C@@H](O)C[C@@]2(C)[C@H]1C[C@H]1OC(C)O[C@]12/C(CO)=N\N(C)C. The van der Waals surface area contributed by atoms with Crippen LogP contribution < -0.4 is 0 Å². The topological polar surface area (TPSA) is 74.5 Å². The maximum atomic E-state index is 11.7. The average Bonchev–Trinajstić information content (AvgIpc) is 3.16. The quantitative estimate of drug-likeness (QED) is 0.518. The molecular weight excluding hydrogens is 404 g/mol. The summed E-state index contributed by atoms with van der Waals surface area (Å²) in [5.41, 5.74) is 1.71. The summed E-state index contributed by atoms with van der Waals surface area (Å²) in [4.78, 5) is 0. The standard InChI is InChI=1S/C26H38N2O4/c1-15-9-10-24(3)17(11-15)7-8-18-19-12-22-26(32-16(2)31-22,21(14-29)27-28(5)6)25(19,4)13-20(30)23(18)24/h9-11,16,18-20,22-23,29-30H,1,7-8,12-14H2,2-6H3/b27-21-/t16?,18-,19-,20-,22+,23+,24-,25-,26+/m0/s1. The van der Waals surface area contributed by atoms with Crippen molar-refractivity contribution in [2.24, 2.45) is 33.7 Å². The van der Waals surface area contributed by atoms with Crippen molar-refractivity contribution in [1.29, 1.82) is 0 Å². The summed E-state index contributed by atoms with van der Waals surface area (Å²) in [5.74, 6) is 0.831. The molecule has 0 spiro atoms. The van der Waals surface area contributed by atoms with Gasteiger partial charge >= 0.3 is 0 Å². The number of allylic oxidation sites excluding steroid dienone is 5. The molecule has 6 nitrogen and oxygen atoms in total. The van der Waals surface area contributed by atoms with E-state index in [4.69, 9.17) is 9.47 Å². The van der Waals surface area contributed by atoms with Gasteiger partial charge in [0, 0.05) is 30.8 Å². The van der Waals surface area contributed by atoms with Crippen molar-refractivity contribution in [3.63, 3.8) is 0 Å². The van der Waals surface area contributed by atoms with Gasteiger partial charge < -0.3 is 24.7 Å². The average molecular weight is 443 g/mol. The number of fused-ring (bicyclic) bond motifs is 7. The van der Waals surface area contributed by atoms with Crippen molar-refractivity contribution < 1.29 is 19.7 Å². The molecule has 176 valence electrons. The molecule has 1 saturated heterocycles. The molecule has 3 saturated carbocycles. The third-order valence-electron chi connectivity index (χ3n) is 9.36. The summed E-state index contributed by atoms with van der Waals surface area (Å²) in [7, 11) is 3.72. The lowest BCUT2D eigenvalue weighted by Gasteiger charge is -2.60. The van der Waals surface area contributed by atoms with Gasteiger partial charge in [0.25, 0.3) is 0 Å². The lowest BCUT2D eigenvalue weighted by atomic mass is 9.46. The van der Waals surface area contributed by atoms with Crippen LogP contribution in [0.2, 0.25) is 0 Å². The van der Waals surface area contributed by atoms with Crippen LogP contribution in [0.25, 0.3) is 0 Å². The Bertz CT molecular complexity index is 910. The minimum absolute atomic E-state index is 0.151. The normalized spacial score (nSPS) is 49.8. The number of ether oxygens (including phenoxy) is 2. The van der Waals surface area contributed by atoms with Crippen LogP contribution in [0.4, 0.5) is 0 Å². The molecule has 9 atom stereocenters. The number of nitrogens with zero attached hydrogens (tertiary/aromatic N) is 2. The molecule has 1 unspecified atom stereocenters. The molecule has 0 aromatic rings. The summed E-state index contributed by atoms with van der Waals surface area (Å²) < 4.78 is 12.9. The van der Waals surface area contributed by atoms with Gasteiger partial charge in [-0.05, 0) is 50.0 Å². The van der Waals surface area contributed by atoms with Gasteiger partial charge in [-0.25, -0.2) is 0 Å². The van der Waals surface area contributed by atoms with Crippen molar-refractivity contribution in [3.8, 4) is 0 Å². The first-order valence-corrected chi connectivity index (χ1v) is 12.0. The summed E-state index contributed by atoms with van der Waals surface area (Å²) in [6, 6.07) is 0. The van der Waals surface area contributed by atoms with E-state index >= 15 is 0 Å². The molecule has 4 fully saturated rings. The Hall–Kier alpha value is -1.47. The first-order valence-electron chi connectivity index (χ1n) is 12.0. The highest BCUT2D eigenvalue weighted by molar-refractivity contribution is 5.96. The van der Waals surface area contributed by atoms with Crippen LogP contribution in [0, 0.1) is 28.6 Å². The van der Waals surface area contributed by atoms with E-state index in [1.807, 2.05) is 21.0 Å². The summed E-state index contributed by atoms with van der Waals surface area (Å²) in [6.45, 7) is 10.4. The largest absolute Gasteiger partial charge is 0.393 e. The van der Waals surface area contributed by atoms with Gasteiger partial charge in [0.15, 0.2) is 6.29 Å². The maximum Gasteiger partial charge on any atom is 0.156 e. The summed E-state index contributed by atoms with van der Waals surface area (Å²) in [5, 5.41) is 28.5. The van der Waals surface area contributed by atoms with Gasteiger partial charge in [0.05, 0.1) is 24.5 Å². The van der Waals surface area contributed by atoms with Gasteiger partial charge in [-0.3, -0.25) is 0 Å². The van der Waals surface area contributed by atoms with Crippen molar-refractivity contribution in [2.45, 2.75) is 70.6 Å². The fourth-order valence-corrected chi connectivity index (χ4v) is 8.31. The van der Waals surface area contributed by atoms with E-state index in [0.29, 0.717) is 24.0 Å². The molecule has 1 aliphatic heterocycles. The minimum Gasteiger partial charge on any atom is -0.393 e. The first-order chi connectivity index (χ1) is 15.1. The Morgan fingerprint density at radius 1 is 1.34 bits per heavy atom. The lowest BCUT2D eigenvalue weighted by Crippen LogP contribution is -2.63. The number of rotatable bonds is 3. The van der Waals surface area contributed by atoms with E-state index in [1.165, 1.54) is 5.57 Å². The van der Waals surface area contributed by atoms with E-state index in [9.17, 15) is 10.2 Å². The van der Waals surface area contributed by atoms with Crippen LogP contribution in [0.5, 0.6) is 0 Å². The summed E-state index contributed by atoms with van der Waals surface area (Å²) >= 11 is 0. The zero-order valence-electron chi connectivity index (χ0n) is 20.0. The monoisotopic (exact) mass is 442 g/mol. The Labute approximate surface area is 191 Å². The molecule has 5 rings (SSSR count). The lowest BCUT2D eigenvalue weighted by molar-refractivity contribution is -0.171. The van der Waals surface area contributed by atoms with E-state index < -0.39 is 11.7 Å².